The lowest BCUT2D eigenvalue weighted by molar-refractivity contribution is 0.00578. The molecule has 0 atom stereocenters. The lowest BCUT2D eigenvalue weighted by Gasteiger charge is -2.32. The van der Waals surface area contributed by atoms with Gasteiger partial charge in [-0.2, -0.15) is 0 Å². The Morgan fingerprint density at radius 2 is 1.76 bits per heavy atom. The van der Waals surface area contributed by atoms with Crippen molar-refractivity contribution in [2.75, 3.05) is 7.11 Å². The molecule has 0 unspecified atom stereocenters. The molecule has 114 valence electrons. The molecule has 2 rings (SSSR count). The summed E-state index contributed by atoms with van der Waals surface area (Å²) < 4.78 is 31.0. The van der Waals surface area contributed by atoms with Crippen molar-refractivity contribution in [2.45, 2.75) is 38.9 Å². The minimum atomic E-state index is -0.821. The van der Waals surface area contributed by atoms with Gasteiger partial charge in [0.2, 0.25) is 0 Å². The number of esters is 1. The zero-order valence-corrected chi connectivity index (χ0v) is 14.2. The monoisotopic (exact) mass is 358 g/mol. The Morgan fingerprint density at radius 1 is 1.24 bits per heavy atom. The van der Waals surface area contributed by atoms with E-state index in [9.17, 15) is 9.18 Å². The first-order valence-electron chi connectivity index (χ1n) is 6.52. The summed E-state index contributed by atoms with van der Waals surface area (Å²) in [6.07, 6.45) is 0. The maximum absolute atomic E-state index is 14.3. The average Bonchev–Trinajstić information content (AvgIpc) is 2.59. The van der Waals surface area contributed by atoms with E-state index in [-0.39, 0.29) is 11.0 Å². The quantitative estimate of drug-likeness (QED) is 0.602. The second-order valence-corrected chi connectivity index (χ2v) is 6.79. The predicted octanol–water partition coefficient (Wildman–Crippen LogP) is 2.67. The fourth-order valence-electron chi connectivity index (χ4n) is 1.98. The number of halogens is 2. The van der Waals surface area contributed by atoms with Crippen molar-refractivity contribution < 1.29 is 23.2 Å². The second-order valence-electron chi connectivity index (χ2n) is 5.93. The molecule has 0 N–H and O–H groups in total. The highest BCUT2D eigenvalue weighted by molar-refractivity contribution is 9.10. The van der Waals surface area contributed by atoms with E-state index in [0.717, 1.165) is 6.07 Å². The summed E-state index contributed by atoms with van der Waals surface area (Å²) in [6, 6.07) is 2.61. The van der Waals surface area contributed by atoms with Crippen LogP contribution in [0.1, 0.15) is 38.1 Å². The molecular formula is C14H17BBrFO4. The van der Waals surface area contributed by atoms with Crippen molar-refractivity contribution in [3.05, 3.63) is 28.0 Å². The molecule has 0 bridgehead atoms. The fraction of sp³-hybridized carbons (Fsp3) is 0.500. The molecule has 7 heteroatoms. The summed E-state index contributed by atoms with van der Waals surface area (Å²) >= 11 is 3.25. The largest absolute Gasteiger partial charge is 0.497 e. The lowest BCUT2D eigenvalue weighted by atomic mass is 9.78. The molecule has 1 saturated heterocycles. The van der Waals surface area contributed by atoms with Gasteiger partial charge in [0.05, 0.1) is 23.9 Å². The molecule has 1 aromatic rings. The third kappa shape index (κ3) is 2.87. The van der Waals surface area contributed by atoms with Crippen molar-refractivity contribution in [1.29, 1.82) is 0 Å². The van der Waals surface area contributed by atoms with Gasteiger partial charge < -0.3 is 14.0 Å². The summed E-state index contributed by atoms with van der Waals surface area (Å²) in [5.41, 5.74) is -0.752. The highest BCUT2D eigenvalue weighted by Gasteiger charge is 2.52. The Morgan fingerprint density at radius 3 is 2.24 bits per heavy atom. The van der Waals surface area contributed by atoms with Crippen LogP contribution in [0, 0.1) is 5.82 Å². The topological polar surface area (TPSA) is 44.8 Å². The van der Waals surface area contributed by atoms with E-state index in [1.165, 1.54) is 13.2 Å². The number of hydrogen-bond acceptors (Lipinski definition) is 4. The fourth-order valence-corrected chi connectivity index (χ4v) is 2.50. The molecule has 0 aromatic heterocycles. The maximum Gasteiger partial charge on any atom is 0.497 e. The first kappa shape index (κ1) is 16.5. The molecule has 1 aromatic carbocycles. The Labute approximate surface area is 132 Å². The van der Waals surface area contributed by atoms with Crippen molar-refractivity contribution in [2.24, 2.45) is 0 Å². The molecule has 0 spiro atoms. The third-order valence-electron chi connectivity index (χ3n) is 4.00. The number of ether oxygens (including phenoxy) is 1. The zero-order chi connectivity index (χ0) is 16.0. The van der Waals surface area contributed by atoms with Gasteiger partial charge in [0, 0.05) is 9.94 Å². The molecule has 0 saturated carbocycles. The summed E-state index contributed by atoms with van der Waals surface area (Å²) in [5, 5.41) is 0. The van der Waals surface area contributed by atoms with Crippen LogP contribution in [0.25, 0.3) is 0 Å². The van der Waals surface area contributed by atoms with E-state index < -0.39 is 30.1 Å². The molecular weight excluding hydrogens is 342 g/mol. The zero-order valence-electron chi connectivity index (χ0n) is 12.6. The van der Waals surface area contributed by atoms with Crippen LogP contribution in [0.15, 0.2) is 16.6 Å². The smallest absolute Gasteiger partial charge is 0.465 e. The molecule has 1 aliphatic rings. The lowest BCUT2D eigenvalue weighted by Crippen LogP contribution is -2.41. The van der Waals surface area contributed by atoms with Crippen LogP contribution in [0.5, 0.6) is 0 Å². The first-order chi connectivity index (χ1) is 9.59. The van der Waals surface area contributed by atoms with Gasteiger partial charge in [-0.25, -0.2) is 9.18 Å². The second kappa shape index (κ2) is 5.37. The normalized spacial score (nSPS) is 19.7. The van der Waals surface area contributed by atoms with Crippen LogP contribution in [0.4, 0.5) is 4.39 Å². The van der Waals surface area contributed by atoms with Crippen molar-refractivity contribution in [3.8, 4) is 0 Å². The van der Waals surface area contributed by atoms with E-state index in [2.05, 4.69) is 20.7 Å². The van der Waals surface area contributed by atoms with Crippen LogP contribution in [-0.4, -0.2) is 31.4 Å². The Hall–Kier alpha value is -0.915. The van der Waals surface area contributed by atoms with Gasteiger partial charge in [0.25, 0.3) is 0 Å². The van der Waals surface area contributed by atoms with Crippen molar-refractivity contribution in [1.82, 2.24) is 0 Å². The molecule has 1 fully saturated rings. The highest BCUT2D eigenvalue weighted by atomic mass is 79.9. The third-order valence-corrected chi connectivity index (χ3v) is 4.65. The predicted molar refractivity (Wildman–Crippen MR) is 81.2 cm³/mol. The van der Waals surface area contributed by atoms with Gasteiger partial charge in [-0.1, -0.05) is 0 Å². The van der Waals surface area contributed by atoms with Crippen molar-refractivity contribution >= 4 is 34.5 Å². The molecule has 0 aliphatic carbocycles. The molecule has 0 amide bonds. The van der Waals surface area contributed by atoms with Gasteiger partial charge >= 0.3 is 13.1 Å². The van der Waals surface area contributed by atoms with E-state index >= 15 is 0 Å². The molecule has 0 radical (unpaired) electrons. The summed E-state index contributed by atoms with van der Waals surface area (Å²) in [5.74, 6) is -1.18. The number of methoxy groups -OCH3 is 1. The average molecular weight is 359 g/mol. The minimum absolute atomic E-state index is 0.121. The highest BCUT2D eigenvalue weighted by Crippen LogP contribution is 2.37. The number of carbonyl (C=O) groups is 1. The van der Waals surface area contributed by atoms with Gasteiger partial charge in [-0.15, -0.1) is 0 Å². The Bertz CT molecular complexity index is 573. The molecule has 21 heavy (non-hydrogen) atoms. The number of benzene rings is 1. The maximum atomic E-state index is 14.3. The van der Waals surface area contributed by atoms with Gasteiger partial charge in [-0.05, 0) is 55.8 Å². The van der Waals surface area contributed by atoms with Crippen LogP contribution in [-0.2, 0) is 14.0 Å². The number of rotatable bonds is 2. The minimum Gasteiger partial charge on any atom is -0.465 e. The summed E-state index contributed by atoms with van der Waals surface area (Å²) in [4.78, 5) is 11.5. The van der Waals surface area contributed by atoms with Crippen LogP contribution in [0.2, 0.25) is 0 Å². The van der Waals surface area contributed by atoms with Gasteiger partial charge in [0.15, 0.2) is 0 Å². The number of carbonyl (C=O) groups excluding carboxylic acids is 1. The van der Waals surface area contributed by atoms with E-state index in [0.29, 0.717) is 4.47 Å². The van der Waals surface area contributed by atoms with Crippen LogP contribution < -0.4 is 5.46 Å². The first-order valence-corrected chi connectivity index (χ1v) is 7.31. The summed E-state index contributed by atoms with van der Waals surface area (Å²) in [7, 11) is 0.424. The SMILES string of the molecule is COC(=O)c1cc(F)c(B2OC(C)(C)C(C)(C)O2)cc1Br. The summed E-state index contributed by atoms with van der Waals surface area (Å²) in [6.45, 7) is 7.57. The Balaban J connectivity index is 2.39. The van der Waals surface area contributed by atoms with E-state index in [1.807, 2.05) is 27.7 Å². The van der Waals surface area contributed by atoms with Crippen molar-refractivity contribution in [3.63, 3.8) is 0 Å². The standard InChI is InChI=1S/C14H17BBrFO4/c1-13(2)14(3,4)21-15(20-13)9-7-10(16)8(6-11(9)17)12(18)19-5/h6-7H,1-5H3. The van der Waals surface area contributed by atoms with E-state index in [1.54, 1.807) is 0 Å². The molecule has 1 heterocycles. The van der Waals surface area contributed by atoms with Crippen LogP contribution in [0.3, 0.4) is 0 Å². The van der Waals surface area contributed by atoms with Gasteiger partial charge in [0.1, 0.15) is 5.82 Å². The molecule has 1 aliphatic heterocycles. The Kier molecular flexibility index (Phi) is 4.21. The van der Waals surface area contributed by atoms with Gasteiger partial charge in [-0.3, -0.25) is 0 Å². The van der Waals surface area contributed by atoms with E-state index in [4.69, 9.17) is 9.31 Å². The van der Waals surface area contributed by atoms with Crippen LogP contribution >= 0.6 is 15.9 Å². The number of hydrogen-bond donors (Lipinski definition) is 0. The molecule has 4 nitrogen and oxygen atoms in total.